The highest BCUT2D eigenvalue weighted by Crippen LogP contribution is 2.58. The fourth-order valence-electron chi connectivity index (χ4n) is 6.67. The Hall–Kier alpha value is -4.09. The van der Waals surface area contributed by atoms with Crippen LogP contribution < -0.4 is 0 Å². The first-order chi connectivity index (χ1) is 18.0. The van der Waals surface area contributed by atoms with Gasteiger partial charge in [0.2, 0.25) is 23.6 Å². The predicted octanol–water partition coefficient (Wildman–Crippen LogP) is 1.12. The van der Waals surface area contributed by atoms with Gasteiger partial charge in [-0.05, 0) is 36.5 Å². The van der Waals surface area contributed by atoms with E-state index in [-0.39, 0.29) is 25.9 Å². The minimum atomic E-state index is -1.19. The number of rotatable bonds is 7. The zero-order chi connectivity index (χ0) is 27.5. The van der Waals surface area contributed by atoms with Crippen molar-refractivity contribution in [2.24, 2.45) is 29.6 Å². The Labute approximate surface area is 215 Å². The molecule has 2 saturated heterocycles. The Morgan fingerprint density at radius 2 is 1.42 bits per heavy atom. The summed E-state index contributed by atoms with van der Waals surface area (Å²) in [4.78, 5) is 77.3. The summed E-state index contributed by atoms with van der Waals surface area (Å²) in [5, 5.41) is 27.8. The summed E-state index contributed by atoms with van der Waals surface area (Å²) in [7, 11) is 0. The summed E-state index contributed by atoms with van der Waals surface area (Å²) in [5.74, 6) is -11.0. The van der Waals surface area contributed by atoms with Gasteiger partial charge in [-0.1, -0.05) is 17.7 Å². The number of phenolic OH excluding ortho intramolecular Hbond substituents is 1. The Morgan fingerprint density at radius 3 is 2.00 bits per heavy atom. The number of aliphatic carboxylic acids is 2. The molecular formula is C26H25FN2O9. The fourth-order valence-corrected chi connectivity index (χ4v) is 6.67. The van der Waals surface area contributed by atoms with E-state index >= 15 is 0 Å². The zero-order valence-corrected chi connectivity index (χ0v) is 20.1. The molecule has 38 heavy (non-hydrogen) atoms. The van der Waals surface area contributed by atoms with Crippen LogP contribution >= 0.6 is 0 Å². The molecule has 200 valence electrons. The highest BCUT2D eigenvalue weighted by atomic mass is 19.1. The van der Waals surface area contributed by atoms with E-state index in [9.17, 15) is 38.3 Å². The van der Waals surface area contributed by atoms with Crippen LogP contribution in [0, 0.1) is 35.4 Å². The van der Waals surface area contributed by atoms with Gasteiger partial charge in [0.25, 0.3) is 0 Å². The molecule has 0 bridgehead atoms. The molecule has 3 fully saturated rings. The summed E-state index contributed by atoms with van der Waals surface area (Å²) >= 11 is 0. The molecule has 1 aromatic carbocycles. The van der Waals surface area contributed by atoms with E-state index in [1.165, 1.54) is 6.07 Å². The summed E-state index contributed by atoms with van der Waals surface area (Å²) in [6, 6.07) is 3.65. The Morgan fingerprint density at radius 1 is 0.842 bits per heavy atom. The molecule has 1 aromatic rings. The largest absolute Gasteiger partial charge is 0.505 e. The molecule has 0 spiro atoms. The summed E-state index contributed by atoms with van der Waals surface area (Å²) in [5.41, 5.74) is 0.922. The maximum Gasteiger partial charge on any atom is 0.305 e. The number of hydrogen-bond donors (Lipinski definition) is 3. The van der Waals surface area contributed by atoms with E-state index in [0.717, 1.165) is 21.9 Å². The Balaban J connectivity index is 1.56. The van der Waals surface area contributed by atoms with Crippen molar-refractivity contribution in [3.8, 4) is 5.75 Å². The minimum Gasteiger partial charge on any atom is -0.505 e. The number of phenols is 1. The lowest BCUT2D eigenvalue weighted by atomic mass is 9.57. The molecule has 6 unspecified atom stereocenters. The number of carbonyl (C=O) groups is 6. The van der Waals surface area contributed by atoms with Crippen LogP contribution in [0.5, 0.6) is 5.75 Å². The number of likely N-dealkylation sites (tertiary alicyclic amines) is 2. The van der Waals surface area contributed by atoms with Crippen molar-refractivity contribution in [3.63, 3.8) is 0 Å². The summed E-state index contributed by atoms with van der Waals surface area (Å²) in [6.07, 6.45) is 1.12. The number of aromatic hydroxyl groups is 1. The molecule has 11 nitrogen and oxygen atoms in total. The second-order valence-electron chi connectivity index (χ2n) is 10.2. The van der Waals surface area contributed by atoms with Crippen molar-refractivity contribution >= 4 is 35.6 Å². The number of nitrogens with zero attached hydrogens (tertiary/aromatic N) is 2. The number of carboxylic acids is 2. The molecule has 0 radical (unpaired) electrons. The number of halogens is 1. The molecular weight excluding hydrogens is 503 g/mol. The standard InChI is InChI=1S/C26H25FN2O9/c27-16-9-11(1-4-17(16)30)20-12-2-3-13-21(25(37)28(23(13)35)7-5-18(31)32)14(12)10-15-22(20)26(38)29(24(15)36)8-6-19(33)34/h1-2,4,9,13-15,20-22,30H,3,5-8,10H2,(H,31,32)(H,33,34). The van der Waals surface area contributed by atoms with Gasteiger partial charge in [0.15, 0.2) is 11.6 Å². The van der Waals surface area contributed by atoms with E-state index in [1.54, 1.807) is 6.08 Å². The number of carboxylic acid groups (broad SMARTS) is 2. The zero-order valence-electron chi connectivity index (χ0n) is 20.1. The van der Waals surface area contributed by atoms with Crippen LogP contribution in [0.2, 0.25) is 0 Å². The third-order valence-corrected chi connectivity index (χ3v) is 8.26. The second-order valence-corrected chi connectivity index (χ2v) is 10.2. The first-order valence-corrected chi connectivity index (χ1v) is 12.3. The highest BCUT2D eigenvalue weighted by molar-refractivity contribution is 6.08. The summed E-state index contributed by atoms with van der Waals surface area (Å²) < 4.78 is 14.4. The van der Waals surface area contributed by atoms with Crippen molar-refractivity contribution in [2.45, 2.75) is 31.6 Å². The number of carbonyl (C=O) groups excluding carboxylic acids is 4. The smallest absolute Gasteiger partial charge is 0.305 e. The maximum absolute atomic E-state index is 14.4. The van der Waals surface area contributed by atoms with E-state index in [0.29, 0.717) is 11.1 Å². The number of fused-ring (bicyclic) bond motifs is 4. The van der Waals surface area contributed by atoms with Gasteiger partial charge in [-0.2, -0.15) is 0 Å². The van der Waals surface area contributed by atoms with E-state index in [1.807, 2.05) is 0 Å². The highest BCUT2D eigenvalue weighted by Gasteiger charge is 2.61. The second kappa shape index (κ2) is 9.34. The topological polar surface area (TPSA) is 170 Å². The molecule has 0 aromatic heterocycles. The lowest BCUT2D eigenvalue weighted by molar-refractivity contribution is -0.145. The number of allylic oxidation sites excluding steroid dienone is 2. The van der Waals surface area contributed by atoms with Crippen molar-refractivity contribution in [1.29, 1.82) is 0 Å². The molecule has 6 atom stereocenters. The van der Waals surface area contributed by atoms with Crippen LogP contribution in [-0.2, 0) is 28.8 Å². The van der Waals surface area contributed by atoms with Crippen LogP contribution in [0.3, 0.4) is 0 Å². The SMILES string of the molecule is O=C(O)CCN1C(=O)C2CC=C3C(CC4C(=O)N(CCC(=O)O)C(=O)C4C3c3ccc(O)c(F)c3)C2C1=O. The van der Waals surface area contributed by atoms with Crippen molar-refractivity contribution in [1.82, 2.24) is 9.80 Å². The first kappa shape index (κ1) is 25.6. The number of imide groups is 2. The molecule has 12 heteroatoms. The Kier molecular flexibility index (Phi) is 6.28. The van der Waals surface area contributed by atoms with Gasteiger partial charge in [0.05, 0.1) is 36.5 Å². The summed E-state index contributed by atoms with van der Waals surface area (Å²) in [6.45, 7) is -0.603. The molecule has 5 rings (SSSR count). The van der Waals surface area contributed by atoms with Gasteiger partial charge >= 0.3 is 11.9 Å². The lowest BCUT2D eigenvalue weighted by Gasteiger charge is -2.44. The van der Waals surface area contributed by atoms with Crippen LogP contribution in [0.15, 0.2) is 29.8 Å². The van der Waals surface area contributed by atoms with Gasteiger partial charge in [-0.25, -0.2) is 4.39 Å². The van der Waals surface area contributed by atoms with Crippen LogP contribution in [0.4, 0.5) is 4.39 Å². The fraction of sp³-hybridized carbons (Fsp3) is 0.462. The third kappa shape index (κ3) is 3.95. The van der Waals surface area contributed by atoms with Gasteiger partial charge in [0.1, 0.15) is 0 Å². The quantitative estimate of drug-likeness (QED) is 0.347. The molecule has 4 aliphatic rings. The van der Waals surface area contributed by atoms with Crippen molar-refractivity contribution in [3.05, 3.63) is 41.2 Å². The van der Waals surface area contributed by atoms with E-state index in [2.05, 4.69) is 0 Å². The van der Waals surface area contributed by atoms with Crippen molar-refractivity contribution in [2.75, 3.05) is 13.1 Å². The first-order valence-electron chi connectivity index (χ1n) is 12.3. The lowest BCUT2D eigenvalue weighted by Crippen LogP contribution is -2.43. The molecule has 4 amide bonds. The van der Waals surface area contributed by atoms with E-state index < -0.39 is 95.5 Å². The van der Waals surface area contributed by atoms with Gasteiger partial charge in [-0.3, -0.25) is 38.6 Å². The predicted molar refractivity (Wildman–Crippen MR) is 124 cm³/mol. The van der Waals surface area contributed by atoms with Gasteiger partial charge in [-0.15, -0.1) is 0 Å². The molecule has 2 heterocycles. The minimum absolute atomic E-state index is 0.0642. The maximum atomic E-state index is 14.4. The van der Waals surface area contributed by atoms with Gasteiger partial charge < -0.3 is 15.3 Å². The number of benzene rings is 1. The average molecular weight is 528 g/mol. The number of amides is 4. The molecule has 2 aliphatic heterocycles. The van der Waals surface area contributed by atoms with Crippen LogP contribution in [-0.4, -0.2) is 73.8 Å². The molecule has 3 N–H and O–H groups in total. The third-order valence-electron chi connectivity index (χ3n) is 8.26. The van der Waals surface area contributed by atoms with E-state index in [4.69, 9.17) is 10.2 Å². The Bertz CT molecular complexity index is 1310. The average Bonchev–Trinajstić information content (AvgIpc) is 3.25. The normalized spacial score (nSPS) is 30.2. The van der Waals surface area contributed by atoms with Crippen LogP contribution in [0.25, 0.3) is 0 Å². The number of hydrogen-bond acceptors (Lipinski definition) is 7. The monoisotopic (exact) mass is 528 g/mol. The van der Waals surface area contributed by atoms with Crippen LogP contribution in [0.1, 0.15) is 37.2 Å². The van der Waals surface area contributed by atoms with Gasteiger partial charge in [0, 0.05) is 19.0 Å². The molecule has 1 saturated carbocycles. The molecule has 2 aliphatic carbocycles. The van der Waals surface area contributed by atoms with Crippen molar-refractivity contribution < 1.29 is 48.5 Å².